The van der Waals surface area contributed by atoms with E-state index in [9.17, 15) is 93.1 Å². The first-order valence-electron chi connectivity index (χ1n) is 13.5. The van der Waals surface area contributed by atoms with Gasteiger partial charge >= 0.3 is 47.5 Å². The van der Waals surface area contributed by atoms with Crippen LogP contribution >= 0.6 is 7.26 Å². The monoisotopic (exact) mass is 791 g/mol. The molecule has 0 bridgehead atoms. The van der Waals surface area contributed by atoms with Crippen molar-refractivity contribution in [1.29, 1.82) is 0 Å². The number of rotatable bonds is 8. The summed E-state index contributed by atoms with van der Waals surface area (Å²) in [5, 5.41) is 44.1. The minimum atomic E-state index is -5.80. The summed E-state index contributed by atoms with van der Waals surface area (Å²) in [7, 11) is -5.80. The smallest absolute Gasteiger partial charge is 0.258 e. The molecule has 25 heteroatoms. The summed E-state index contributed by atoms with van der Waals surface area (Å²) in [5.74, 6) is 0. The van der Waals surface area contributed by atoms with E-state index in [1.807, 2.05) is 0 Å². The van der Waals surface area contributed by atoms with E-state index in [1.54, 1.807) is 0 Å². The summed E-state index contributed by atoms with van der Waals surface area (Å²) in [6.45, 7) is 0. The molecule has 0 aromatic heterocycles. The maximum absolute atomic E-state index is 13.8. The van der Waals surface area contributed by atoms with E-state index in [0.717, 1.165) is 0 Å². The molecule has 0 aliphatic heterocycles. The van der Waals surface area contributed by atoms with Gasteiger partial charge in [-0.15, -0.1) is 0 Å². The number of nitrogens with zero attached hydrogens (tertiary/aromatic N) is 4. The zero-order valence-corrected chi connectivity index (χ0v) is 25.9. The molecule has 0 aliphatic carbocycles. The van der Waals surface area contributed by atoms with E-state index in [4.69, 9.17) is 0 Å². The van der Waals surface area contributed by atoms with Crippen molar-refractivity contribution >= 4 is 51.2 Å². The lowest BCUT2D eigenvalue weighted by Gasteiger charge is -2.27. The maximum atomic E-state index is 13.8. The fourth-order valence-corrected chi connectivity index (χ4v) is 10.0. The average Bonchev–Trinajstić information content (AvgIpc) is 3.03. The van der Waals surface area contributed by atoms with Crippen molar-refractivity contribution < 1.29 is 72.4 Å². The molecule has 0 fully saturated rings. The standard InChI is InChI=1S/C28H12F12N4O8P/c29-25(30,31)13-1-5-21(17(9-13)41(45)46)53(22-6-2-14(26(32,33)34)10-18(22)42(47)48,23-7-3-15(27(35,36)37)11-19(23)43(49)50)24-8-4-16(28(38,39)40)12-20(24)44(51)52/h1-12H/q+1. The number of hydrogen-bond donors (Lipinski definition) is 0. The molecule has 0 spiro atoms. The molecule has 0 N–H and O–H groups in total. The van der Waals surface area contributed by atoms with Crippen LogP contribution in [-0.2, 0) is 24.7 Å². The third kappa shape index (κ3) is 7.39. The summed E-state index contributed by atoms with van der Waals surface area (Å²) in [5.41, 5.74) is -14.9. The molecule has 0 saturated heterocycles. The molecule has 0 heterocycles. The van der Waals surface area contributed by atoms with Gasteiger partial charge in [0, 0.05) is 24.3 Å². The third-order valence-corrected chi connectivity index (χ3v) is 11.8. The van der Waals surface area contributed by atoms with Crippen LogP contribution in [0.4, 0.5) is 75.4 Å². The Labute approximate surface area is 284 Å². The Morgan fingerprint density at radius 2 is 0.528 bits per heavy atom. The van der Waals surface area contributed by atoms with E-state index < -0.39 is 118 Å². The van der Waals surface area contributed by atoms with E-state index in [-0.39, 0.29) is 72.8 Å². The van der Waals surface area contributed by atoms with E-state index in [2.05, 4.69) is 0 Å². The molecule has 4 rings (SSSR count). The first kappa shape index (κ1) is 39.8. The van der Waals surface area contributed by atoms with Gasteiger partial charge in [0.25, 0.3) is 0 Å². The lowest BCUT2D eigenvalue weighted by molar-refractivity contribution is -0.384. The summed E-state index contributed by atoms with van der Waals surface area (Å²) in [6, 6.07) is -0.764. The van der Waals surface area contributed by atoms with Crippen LogP contribution < -0.4 is 21.2 Å². The van der Waals surface area contributed by atoms with Crippen molar-refractivity contribution in [3.63, 3.8) is 0 Å². The molecule has 280 valence electrons. The van der Waals surface area contributed by atoms with Gasteiger partial charge in [-0.2, -0.15) is 52.7 Å². The summed E-state index contributed by atoms with van der Waals surface area (Å²) in [4.78, 5) is 43.2. The van der Waals surface area contributed by atoms with Crippen LogP contribution in [0.2, 0.25) is 0 Å². The molecule has 0 saturated carbocycles. The third-order valence-electron chi connectivity index (χ3n) is 7.44. The molecule has 0 radical (unpaired) electrons. The number of alkyl halides is 12. The van der Waals surface area contributed by atoms with Crippen molar-refractivity contribution in [2.24, 2.45) is 0 Å². The van der Waals surface area contributed by atoms with Crippen LogP contribution in [0.15, 0.2) is 72.8 Å². The molecule has 53 heavy (non-hydrogen) atoms. The van der Waals surface area contributed by atoms with Crippen LogP contribution in [0, 0.1) is 40.5 Å². The SMILES string of the molecule is O=[N+]([O-])c1cc(C(F)(F)F)ccc1[P+](c1ccc(C(F)(F)F)cc1[N+](=O)[O-])(c1ccc(C(F)(F)F)cc1[N+](=O)[O-])c1ccc(C(F)(F)F)cc1[N+](=O)[O-]. The molecular weight excluding hydrogens is 779 g/mol. The highest BCUT2D eigenvalue weighted by Gasteiger charge is 2.62. The van der Waals surface area contributed by atoms with Gasteiger partial charge in [0.1, 0.15) is 0 Å². The Bertz CT molecular complexity index is 1880. The van der Waals surface area contributed by atoms with Gasteiger partial charge in [0.05, 0.1) is 41.9 Å². The van der Waals surface area contributed by atoms with Gasteiger partial charge in [0.2, 0.25) is 0 Å². The lowest BCUT2D eigenvalue weighted by Crippen LogP contribution is -2.42. The average molecular weight is 791 g/mol. The van der Waals surface area contributed by atoms with Crippen LogP contribution in [-0.4, -0.2) is 19.7 Å². The molecule has 4 aromatic rings. The van der Waals surface area contributed by atoms with Crippen LogP contribution in [0.3, 0.4) is 0 Å². The van der Waals surface area contributed by atoms with Gasteiger partial charge in [-0.3, -0.25) is 40.5 Å². The maximum Gasteiger partial charge on any atom is 0.416 e. The molecule has 0 aliphatic rings. The Hall–Kier alpha value is -5.93. The Morgan fingerprint density at radius 1 is 0.358 bits per heavy atom. The Kier molecular flexibility index (Phi) is 9.96. The lowest BCUT2D eigenvalue weighted by atomic mass is 10.2. The van der Waals surface area contributed by atoms with Crippen molar-refractivity contribution in [3.8, 4) is 0 Å². The molecule has 0 amide bonds. The zero-order valence-electron chi connectivity index (χ0n) is 25.0. The number of benzene rings is 4. The second-order valence-corrected chi connectivity index (χ2v) is 13.8. The summed E-state index contributed by atoms with van der Waals surface area (Å²) < 4.78 is 166. The highest BCUT2D eigenvalue weighted by atomic mass is 31.2. The van der Waals surface area contributed by atoms with Crippen molar-refractivity contribution in [3.05, 3.63) is 136 Å². The molecule has 4 aromatic carbocycles. The highest BCUT2D eigenvalue weighted by molar-refractivity contribution is 8.02. The minimum Gasteiger partial charge on any atom is -0.258 e. The normalized spacial score (nSPS) is 12.8. The van der Waals surface area contributed by atoms with E-state index in [0.29, 0.717) is 0 Å². The highest BCUT2D eigenvalue weighted by Crippen LogP contribution is 2.62. The number of hydrogen-bond acceptors (Lipinski definition) is 8. The van der Waals surface area contributed by atoms with Crippen molar-refractivity contribution in [1.82, 2.24) is 0 Å². The van der Waals surface area contributed by atoms with Crippen LogP contribution in [0.5, 0.6) is 0 Å². The fourth-order valence-electron chi connectivity index (χ4n) is 5.30. The van der Waals surface area contributed by atoms with Gasteiger partial charge in [-0.25, -0.2) is 0 Å². The summed E-state index contributed by atoms with van der Waals surface area (Å²) >= 11 is 0. The Balaban J connectivity index is 2.54. The van der Waals surface area contributed by atoms with Gasteiger partial charge < -0.3 is 0 Å². The topological polar surface area (TPSA) is 173 Å². The zero-order chi connectivity index (χ0) is 40.2. The molecule has 12 nitrogen and oxygen atoms in total. The first-order chi connectivity index (χ1) is 24.1. The Morgan fingerprint density at radius 3 is 0.660 bits per heavy atom. The predicted molar refractivity (Wildman–Crippen MR) is 158 cm³/mol. The van der Waals surface area contributed by atoms with Gasteiger partial charge in [-0.1, -0.05) is 0 Å². The largest absolute Gasteiger partial charge is 0.416 e. The minimum absolute atomic E-state index is 0.00116. The van der Waals surface area contributed by atoms with Gasteiger partial charge in [-0.05, 0) is 48.5 Å². The van der Waals surface area contributed by atoms with E-state index >= 15 is 0 Å². The molecule has 0 atom stereocenters. The molecular formula is C28H12F12N4O8P+. The number of nitro groups is 4. The number of nitro benzene ring substituents is 4. The predicted octanol–water partition coefficient (Wildman–Crippen LogP) is 8.01. The quantitative estimate of drug-likeness (QED) is 0.0747. The van der Waals surface area contributed by atoms with Crippen LogP contribution in [0.1, 0.15) is 22.3 Å². The van der Waals surface area contributed by atoms with Crippen molar-refractivity contribution in [2.75, 3.05) is 0 Å². The first-order valence-corrected chi connectivity index (χ1v) is 15.3. The fraction of sp³-hybridized carbons (Fsp3) is 0.143. The van der Waals surface area contributed by atoms with Gasteiger partial charge in [0.15, 0.2) is 28.5 Å². The van der Waals surface area contributed by atoms with Crippen molar-refractivity contribution in [2.45, 2.75) is 24.7 Å². The summed E-state index contributed by atoms with van der Waals surface area (Å²) in [6.07, 6.45) is -21.8. The second-order valence-electron chi connectivity index (χ2n) is 10.5. The van der Waals surface area contributed by atoms with E-state index in [1.165, 1.54) is 0 Å². The second kappa shape index (κ2) is 13.2. The molecule has 0 unspecified atom stereocenters. The van der Waals surface area contributed by atoms with Crippen LogP contribution in [0.25, 0.3) is 0 Å². The number of halogens is 12.